The summed E-state index contributed by atoms with van der Waals surface area (Å²) >= 11 is 1.59. The van der Waals surface area contributed by atoms with Crippen molar-refractivity contribution in [1.29, 1.82) is 0 Å². The summed E-state index contributed by atoms with van der Waals surface area (Å²) in [5, 5.41) is 2.00. The molecule has 7 heteroatoms. The smallest absolute Gasteiger partial charge is 0.228 e. The lowest BCUT2D eigenvalue weighted by Gasteiger charge is -2.43. The van der Waals surface area contributed by atoms with Crippen LogP contribution in [0, 0.1) is 12.8 Å². The molecule has 2 atom stereocenters. The molecule has 0 N–H and O–H groups in total. The molecule has 2 aromatic rings. The SMILES string of the molecule is CCC(=O)N1CCN(C(=O)C2CCC(=O)N(c3ccc(C)cc3)C2c2cccs2)CC1. The van der Waals surface area contributed by atoms with E-state index < -0.39 is 0 Å². The highest BCUT2D eigenvalue weighted by atomic mass is 32.1. The highest BCUT2D eigenvalue weighted by molar-refractivity contribution is 7.10. The average Bonchev–Trinajstić information content (AvgIpc) is 3.33. The summed E-state index contributed by atoms with van der Waals surface area (Å²) in [6.45, 7) is 6.15. The van der Waals surface area contributed by atoms with E-state index in [4.69, 9.17) is 0 Å². The van der Waals surface area contributed by atoms with Crippen LogP contribution in [0.25, 0.3) is 0 Å². The maximum absolute atomic E-state index is 13.6. The summed E-state index contributed by atoms with van der Waals surface area (Å²) in [6.07, 6.45) is 1.40. The number of amides is 3. The minimum Gasteiger partial charge on any atom is -0.339 e. The average molecular weight is 440 g/mol. The van der Waals surface area contributed by atoms with Crippen LogP contribution in [-0.4, -0.2) is 53.7 Å². The molecule has 2 aliphatic heterocycles. The van der Waals surface area contributed by atoms with Crippen molar-refractivity contribution in [2.45, 2.75) is 39.2 Å². The monoisotopic (exact) mass is 439 g/mol. The van der Waals surface area contributed by atoms with Gasteiger partial charge in [-0.05, 0) is 36.9 Å². The van der Waals surface area contributed by atoms with Crippen molar-refractivity contribution in [2.24, 2.45) is 5.92 Å². The van der Waals surface area contributed by atoms with Crippen LogP contribution in [0.4, 0.5) is 5.69 Å². The maximum atomic E-state index is 13.6. The van der Waals surface area contributed by atoms with Crippen LogP contribution < -0.4 is 4.90 Å². The van der Waals surface area contributed by atoms with E-state index in [0.717, 1.165) is 16.1 Å². The third-order valence-electron chi connectivity index (χ3n) is 6.31. The van der Waals surface area contributed by atoms with E-state index >= 15 is 0 Å². The van der Waals surface area contributed by atoms with Gasteiger partial charge in [0, 0.05) is 49.6 Å². The second kappa shape index (κ2) is 9.22. The Hall–Kier alpha value is -2.67. The molecule has 3 heterocycles. The lowest BCUT2D eigenvalue weighted by atomic mass is 9.85. The molecule has 2 unspecified atom stereocenters. The molecule has 0 bridgehead atoms. The van der Waals surface area contributed by atoms with Crippen molar-refractivity contribution in [3.63, 3.8) is 0 Å². The fraction of sp³-hybridized carbons (Fsp3) is 0.458. The zero-order valence-electron chi connectivity index (χ0n) is 18.1. The number of aryl methyl sites for hydroxylation is 1. The van der Waals surface area contributed by atoms with Gasteiger partial charge in [-0.2, -0.15) is 0 Å². The first-order chi connectivity index (χ1) is 15.0. The van der Waals surface area contributed by atoms with Gasteiger partial charge in [0.25, 0.3) is 0 Å². The Kier molecular flexibility index (Phi) is 6.41. The number of nitrogens with zero attached hydrogens (tertiary/aromatic N) is 3. The number of hydrogen-bond acceptors (Lipinski definition) is 4. The van der Waals surface area contributed by atoms with Crippen molar-refractivity contribution in [3.8, 4) is 0 Å². The molecule has 4 rings (SSSR count). The number of piperazine rings is 1. The second-order valence-corrected chi connectivity index (χ2v) is 9.24. The number of anilines is 1. The molecule has 6 nitrogen and oxygen atoms in total. The van der Waals surface area contributed by atoms with Crippen molar-refractivity contribution in [2.75, 3.05) is 31.1 Å². The summed E-state index contributed by atoms with van der Waals surface area (Å²) < 4.78 is 0. The largest absolute Gasteiger partial charge is 0.339 e. The predicted molar refractivity (Wildman–Crippen MR) is 122 cm³/mol. The third kappa shape index (κ3) is 4.37. The zero-order chi connectivity index (χ0) is 22.0. The van der Waals surface area contributed by atoms with Gasteiger partial charge < -0.3 is 14.7 Å². The Labute approximate surface area is 187 Å². The summed E-state index contributed by atoms with van der Waals surface area (Å²) in [5.74, 6) is -0.000256. The first kappa shape index (κ1) is 21.6. The molecule has 0 radical (unpaired) electrons. The quantitative estimate of drug-likeness (QED) is 0.731. The van der Waals surface area contributed by atoms with Crippen LogP contribution in [0.3, 0.4) is 0 Å². The molecule has 2 saturated heterocycles. The first-order valence-corrected chi connectivity index (χ1v) is 11.9. The van der Waals surface area contributed by atoms with E-state index in [0.29, 0.717) is 45.4 Å². The van der Waals surface area contributed by atoms with E-state index in [-0.39, 0.29) is 29.7 Å². The van der Waals surface area contributed by atoms with Gasteiger partial charge in [-0.25, -0.2) is 0 Å². The molecule has 1 aromatic heterocycles. The van der Waals surface area contributed by atoms with Gasteiger partial charge in [-0.1, -0.05) is 30.7 Å². The van der Waals surface area contributed by atoms with Crippen LogP contribution in [0.2, 0.25) is 0 Å². The van der Waals surface area contributed by atoms with E-state index in [1.807, 2.05) is 70.3 Å². The molecule has 1 aromatic carbocycles. The number of hydrogen-bond donors (Lipinski definition) is 0. The van der Waals surface area contributed by atoms with Crippen LogP contribution in [-0.2, 0) is 14.4 Å². The Morgan fingerprint density at radius 3 is 2.32 bits per heavy atom. The van der Waals surface area contributed by atoms with Gasteiger partial charge in [-0.15, -0.1) is 11.3 Å². The lowest BCUT2D eigenvalue weighted by Crippen LogP contribution is -2.54. The Bertz CT molecular complexity index is 933. The van der Waals surface area contributed by atoms with Gasteiger partial charge in [0.15, 0.2) is 0 Å². The number of rotatable bonds is 4. The minimum atomic E-state index is -0.299. The topological polar surface area (TPSA) is 60.9 Å². The second-order valence-electron chi connectivity index (χ2n) is 8.26. The Morgan fingerprint density at radius 2 is 1.71 bits per heavy atom. The van der Waals surface area contributed by atoms with Crippen molar-refractivity contribution in [1.82, 2.24) is 9.80 Å². The van der Waals surface area contributed by atoms with Crippen molar-refractivity contribution in [3.05, 3.63) is 52.2 Å². The van der Waals surface area contributed by atoms with Crippen LogP contribution in [0.1, 0.15) is 42.7 Å². The Balaban J connectivity index is 1.60. The third-order valence-corrected chi connectivity index (χ3v) is 7.25. The summed E-state index contributed by atoms with van der Waals surface area (Å²) in [5.41, 5.74) is 1.97. The number of carbonyl (C=O) groups excluding carboxylic acids is 3. The lowest BCUT2D eigenvalue weighted by molar-refractivity contribution is -0.144. The molecule has 3 amide bonds. The van der Waals surface area contributed by atoms with Gasteiger partial charge >= 0.3 is 0 Å². The van der Waals surface area contributed by atoms with E-state index in [1.54, 1.807) is 11.3 Å². The molecule has 2 aliphatic rings. The standard InChI is InChI=1S/C24H29N3O3S/c1-3-21(28)25-12-14-26(15-13-25)24(30)19-10-11-22(29)27(18-8-6-17(2)7-9-18)23(19)20-5-4-16-31-20/h4-9,16,19,23H,3,10-15H2,1-2H3. The van der Waals surface area contributed by atoms with Crippen LogP contribution in [0.15, 0.2) is 41.8 Å². The minimum absolute atomic E-state index is 0.0599. The number of carbonyl (C=O) groups is 3. The highest BCUT2D eigenvalue weighted by Gasteiger charge is 2.43. The fourth-order valence-corrected chi connectivity index (χ4v) is 5.46. The zero-order valence-corrected chi connectivity index (χ0v) is 18.9. The van der Waals surface area contributed by atoms with E-state index in [1.165, 1.54) is 0 Å². The number of thiophene rings is 1. The molecule has 0 saturated carbocycles. The van der Waals surface area contributed by atoms with E-state index in [2.05, 4.69) is 0 Å². The van der Waals surface area contributed by atoms with Gasteiger partial charge in [0.05, 0.1) is 12.0 Å². The van der Waals surface area contributed by atoms with Crippen molar-refractivity contribution >= 4 is 34.7 Å². The van der Waals surface area contributed by atoms with Crippen molar-refractivity contribution < 1.29 is 14.4 Å². The normalized spacial score (nSPS) is 22.0. The fourth-order valence-electron chi connectivity index (χ4n) is 4.58. The molecule has 0 spiro atoms. The van der Waals surface area contributed by atoms with E-state index in [9.17, 15) is 14.4 Å². The maximum Gasteiger partial charge on any atom is 0.228 e. The first-order valence-electron chi connectivity index (χ1n) is 11.0. The number of benzene rings is 1. The summed E-state index contributed by atoms with van der Waals surface area (Å²) in [6, 6.07) is 11.6. The Morgan fingerprint density at radius 1 is 1.03 bits per heavy atom. The van der Waals surface area contributed by atoms with Gasteiger partial charge in [-0.3, -0.25) is 14.4 Å². The highest BCUT2D eigenvalue weighted by Crippen LogP contribution is 2.42. The predicted octanol–water partition coefficient (Wildman–Crippen LogP) is 3.62. The number of piperidine rings is 1. The molecule has 2 fully saturated rings. The molecule has 0 aliphatic carbocycles. The van der Waals surface area contributed by atoms with Gasteiger partial charge in [0.1, 0.15) is 0 Å². The molecule has 31 heavy (non-hydrogen) atoms. The molecular formula is C24H29N3O3S. The van der Waals surface area contributed by atoms with Gasteiger partial charge in [0.2, 0.25) is 17.7 Å². The summed E-state index contributed by atoms with van der Waals surface area (Å²) in [4.78, 5) is 45.2. The summed E-state index contributed by atoms with van der Waals surface area (Å²) in [7, 11) is 0. The van der Waals surface area contributed by atoms with Crippen LogP contribution >= 0.6 is 11.3 Å². The van der Waals surface area contributed by atoms with Crippen LogP contribution in [0.5, 0.6) is 0 Å². The molecular weight excluding hydrogens is 410 g/mol. The molecule has 164 valence electrons.